The van der Waals surface area contributed by atoms with Crippen LogP contribution in [-0.2, 0) is 11.8 Å². The van der Waals surface area contributed by atoms with Crippen LogP contribution in [-0.4, -0.2) is 39.6 Å². The van der Waals surface area contributed by atoms with Gasteiger partial charge in [-0.15, -0.1) is 10.2 Å². The van der Waals surface area contributed by atoms with Crippen LogP contribution in [0, 0.1) is 13.8 Å². The van der Waals surface area contributed by atoms with E-state index in [-0.39, 0.29) is 11.7 Å². The van der Waals surface area contributed by atoms with E-state index in [0.717, 1.165) is 46.1 Å². The number of anilines is 1. The average molecular weight is 425 g/mol. The Labute approximate surface area is 179 Å². The number of carbonyl (C=O) groups excluding carboxylic acids is 1. The van der Waals surface area contributed by atoms with Gasteiger partial charge in [-0.05, 0) is 43.2 Å². The first-order chi connectivity index (χ1) is 14.5. The predicted molar refractivity (Wildman–Crippen MR) is 117 cm³/mol. The number of hydrogen-bond donors (Lipinski definition) is 1. The maximum atomic E-state index is 12.4. The Hall–Kier alpha value is -3.00. The SMILES string of the molecule is Cc1ccccc1NC(=O)CSc1nnc(-c2cc3c(cc2C)OCCCO3)n1C. The second-order valence-electron chi connectivity index (χ2n) is 7.18. The van der Waals surface area contributed by atoms with Crippen molar-refractivity contribution in [2.24, 2.45) is 7.05 Å². The molecule has 1 aliphatic heterocycles. The van der Waals surface area contributed by atoms with Gasteiger partial charge >= 0.3 is 0 Å². The lowest BCUT2D eigenvalue weighted by molar-refractivity contribution is -0.113. The number of nitrogens with zero attached hydrogens (tertiary/aromatic N) is 3. The van der Waals surface area contributed by atoms with Crippen molar-refractivity contribution in [2.45, 2.75) is 25.4 Å². The third-order valence-electron chi connectivity index (χ3n) is 4.92. The molecule has 1 aliphatic rings. The third-order valence-corrected chi connectivity index (χ3v) is 5.94. The van der Waals surface area contributed by atoms with Crippen LogP contribution < -0.4 is 14.8 Å². The van der Waals surface area contributed by atoms with Gasteiger partial charge in [-0.1, -0.05) is 30.0 Å². The van der Waals surface area contributed by atoms with E-state index in [1.165, 1.54) is 11.8 Å². The molecule has 0 saturated heterocycles. The monoisotopic (exact) mass is 424 g/mol. The molecule has 1 amide bonds. The van der Waals surface area contributed by atoms with Gasteiger partial charge in [-0.25, -0.2) is 0 Å². The zero-order valence-electron chi connectivity index (χ0n) is 17.3. The Bertz CT molecular complexity index is 1080. The molecule has 30 heavy (non-hydrogen) atoms. The largest absolute Gasteiger partial charge is 0.490 e. The number of hydrogen-bond acceptors (Lipinski definition) is 6. The van der Waals surface area contributed by atoms with E-state index in [2.05, 4.69) is 15.5 Å². The summed E-state index contributed by atoms with van der Waals surface area (Å²) >= 11 is 1.36. The van der Waals surface area contributed by atoms with Gasteiger partial charge in [-0.2, -0.15) is 0 Å². The molecular weight excluding hydrogens is 400 g/mol. The number of fused-ring (bicyclic) bond motifs is 1. The number of para-hydroxylation sites is 1. The zero-order chi connectivity index (χ0) is 21.1. The zero-order valence-corrected chi connectivity index (χ0v) is 18.1. The topological polar surface area (TPSA) is 78.3 Å². The molecule has 0 fully saturated rings. The van der Waals surface area contributed by atoms with Crippen molar-refractivity contribution < 1.29 is 14.3 Å². The summed E-state index contributed by atoms with van der Waals surface area (Å²) < 4.78 is 13.5. The summed E-state index contributed by atoms with van der Waals surface area (Å²) in [6, 6.07) is 11.7. The molecule has 0 saturated carbocycles. The highest BCUT2D eigenvalue weighted by atomic mass is 32.2. The molecule has 2 aromatic carbocycles. The molecule has 4 rings (SSSR count). The number of ether oxygens (including phenoxy) is 2. The molecule has 0 radical (unpaired) electrons. The van der Waals surface area contributed by atoms with Gasteiger partial charge in [0.15, 0.2) is 22.5 Å². The number of rotatable bonds is 5. The second kappa shape index (κ2) is 8.79. The van der Waals surface area contributed by atoms with Gasteiger partial charge in [0.2, 0.25) is 5.91 Å². The van der Waals surface area contributed by atoms with Crippen molar-refractivity contribution >= 4 is 23.4 Å². The Kier molecular flexibility index (Phi) is 5.94. The van der Waals surface area contributed by atoms with E-state index in [4.69, 9.17) is 9.47 Å². The molecule has 1 N–H and O–H groups in total. The first-order valence-corrected chi connectivity index (χ1v) is 10.8. The summed E-state index contributed by atoms with van der Waals surface area (Å²) in [4.78, 5) is 12.4. The molecule has 3 aromatic rings. The quantitative estimate of drug-likeness (QED) is 0.624. The minimum Gasteiger partial charge on any atom is -0.490 e. The van der Waals surface area contributed by atoms with Crippen LogP contribution >= 0.6 is 11.8 Å². The minimum absolute atomic E-state index is 0.0781. The molecule has 0 bridgehead atoms. The number of aromatic nitrogens is 3. The first-order valence-electron chi connectivity index (χ1n) is 9.81. The fraction of sp³-hybridized carbons (Fsp3) is 0.318. The number of benzene rings is 2. The van der Waals surface area contributed by atoms with Crippen LogP contribution in [0.2, 0.25) is 0 Å². The molecule has 8 heteroatoms. The third kappa shape index (κ3) is 4.28. The molecule has 2 heterocycles. The molecule has 0 unspecified atom stereocenters. The maximum Gasteiger partial charge on any atom is 0.234 e. The highest BCUT2D eigenvalue weighted by Crippen LogP contribution is 2.37. The van der Waals surface area contributed by atoms with Crippen molar-refractivity contribution in [3.63, 3.8) is 0 Å². The van der Waals surface area contributed by atoms with Crippen molar-refractivity contribution in [3.05, 3.63) is 47.5 Å². The maximum absolute atomic E-state index is 12.4. The van der Waals surface area contributed by atoms with E-state index < -0.39 is 0 Å². The lowest BCUT2D eigenvalue weighted by Crippen LogP contribution is -2.15. The molecule has 1 aromatic heterocycles. The van der Waals surface area contributed by atoms with Gasteiger partial charge in [0, 0.05) is 24.7 Å². The van der Waals surface area contributed by atoms with Crippen LogP contribution in [0.5, 0.6) is 11.5 Å². The van der Waals surface area contributed by atoms with Crippen LogP contribution in [0.1, 0.15) is 17.5 Å². The van der Waals surface area contributed by atoms with Crippen LogP contribution in [0.4, 0.5) is 5.69 Å². The van der Waals surface area contributed by atoms with E-state index in [0.29, 0.717) is 18.4 Å². The fourth-order valence-corrected chi connectivity index (χ4v) is 3.97. The number of nitrogens with one attached hydrogen (secondary N) is 1. The predicted octanol–water partition coefficient (Wildman–Crippen LogP) is 3.99. The van der Waals surface area contributed by atoms with Gasteiger partial charge in [-0.3, -0.25) is 4.79 Å². The number of thioether (sulfide) groups is 1. The van der Waals surface area contributed by atoms with E-state index >= 15 is 0 Å². The van der Waals surface area contributed by atoms with E-state index in [1.807, 2.05) is 61.9 Å². The summed E-state index contributed by atoms with van der Waals surface area (Å²) in [6.45, 7) is 5.27. The Morgan fingerprint density at radius 1 is 1.10 bits per heavy atom. The van der Waals surface area contributed by atoms with E-state index in [1.54, 1.807) is 0 Å². The highest BCUT2D eigenvalue weighted by molar-refractivity contribution is 7.99. The molecular formula is C22H24N4O3S. The summed E-state index contributed by atoms with van der Waals surface area (Å²) in [5, 5.41) is 12.3. The van der Waals surface area contributed by atoms with Crippen molar-refractivity contribution in [2.75, 3.05) is 24.3 Å². The summed E-state index contributed by atoms with van der Waals surface area (Å²) in [6.07, 6.45) is 0.860. The van der Waals surface area contributed by atoms with Crippen molar-refractivity contribution in [1.82, 2.24) is 14.8 Å². The van der Waals surface area contributed by atoms with Crippen molar-refractivity contribution in [1.29, 1.82) is 0 Å². The Morgan fingerprint density at radius 3 is 2.60 bits per heavy atom. The van der Waals surface area contributed by atoms with Gasteiger partial charge in [0.1, 0.15) is 0 Å². The smallest absolute Gasteiger partial charge is 0.234 e. The Balaban J connectivity index is 1.48. The highest BCUT2D eigenvalue weighted by Gasteiger charge is 2.19. The van der Waals surface area contributed by atoms with E-state index in [9.17, 15) is 4.79 Å². The van der Waals surface area contributed by atoms with Crippen molar-refractivity contribution in [3.8, 4) is 22.9 Å². The number of carbonyl (C=O) groups is 1. The summed E-state index contributed by atoms with van der Waals surface area (Å²) in [5.74, 6) is 2.39. The van der Waals surface area contributed by atoms with Gasteiger partial charge in [0.25, 0.3) is 0 Å². The first kappa shape index (κ1) is 20.3. The lowest BCUT2D eigenvalue weighted by atomic mass is 10.1. The minimum atomic E-state index is -0.0781. The summed E-state index contributed by atoms with van der Waals surface area (Å²) in [5.41, 5.74) is 3.82. The molecule has 0 spiro atoms. The lowest BCUT2D eigenvalue weighted by Gasteiger charge is -2.12. The van der Waals surface area contributed by atoms with Crippen LogP contribution in [0.3, 0.4) is 0 Å². The molecule has 0 atom stereocenters. The standard InChI is InChI=1S/C22H24N4O3S/c1-14-7-4-5-8-17(14)23-20(27)13-30-22-25-24-21(26(22)3)16-12-19-18(11-15(16)2)28-9-6-10-29-19/h4-5,7-8,11-12H,6,9-10,13H2,1-3H3,(H,23,27). The molecule has 7 nitrogen and oxygen atoms in total. The average Bonchev–Trinajstić information content (AvgIpc) is 2.93. The summed E-state index contributed by atoms with van der Waals surface area (Å²) in [7, 11) is 1.90. The molecule has 0 aliphatic carbocycles. The second-order valence-corrected chi connectivity index (χ2v) is 8.12. The molecule has 156 valence electrons. The number of amides is 1. The normalized spacial score (nSPS) is 13.0. The van der Waals surface area contributed by atoms with Gasteiger partial charge in [0.05, 0.1) is 19.0 Å². The van der Waals surface area contributed by atoms with Gasteiger partial charge < -0.3 is 19.4 Å². The van der Waals surface area contributed by atoms with Crippen LogP contribution in [0.25, 0.3) is 11.4 Å². The number of aryl methyl sites for hydroxylation is 2. The Morgan fingerprint density at radius 2 is 1.83 bits per heavy atom. The fourth-order valence-electron chi connectivity index (χ4n) is 3.26. The van der Waals surface area contributed by atoms with Crippen LogP contribution in [0.15, 0.2) is 41.6 Å².